The quantitative estimate of drug-likeness (QED) is 0.807. The van der Waals surface area contributed by atoms with Gasteiger partial charge in [-0.2, -0.15) is 0 Å². The number of morpholine rings is 1. The van der Waals surface area contributed by atoms with Crippen LogP contribution in [0.3, 0.4) is 0 Å². The van der Waals surface area contributed by atoms with Crippen molar-refractivity contribution in [2.45, 2.75) is 6.54 Å². The van der Waals surface area contributed by atoms with Gasteiger partial charge in [-0.15, -0.1) is 0 Å². The largest absolute Gasteiger partial charge is 0.379 e. The van der Waals surface area contributed by atoms with Crippen molar-refractivity contribution < 1.29 is 9.13 Å². The van der Waals surface area contributed by atoms with Crippen LogP contribution in [-0.2, 0) is 11.3 Å². The Morgan fingerprint density at radius 2 is 1.96 bits per heavy atom. The van der Waals surface area contributed by atoms with Crippen LogP contribution in [0.15, 0.2) is 42.5 Å². The molecule has 0 radical (unpaired) electrons. The van der Waals surface area contributed by atoms with E-state index in [1.807, 2.05) is 30.3 Å². The SMILES string of the molecule is Fc1ccc(-c2nc3ccccc3[nH]2)c(CN2CCOCC2)c1. The first-order valence-corrected chi connectivity index (χ1v) is 7.83. The Morgan fingerprint density at radius 3 is 2.78 bits per heavy atom. The summed E-state index contributed by atoms with van der Waals surface area (Å²) in [5.41, 5.74) is 3.81. The lowest BCUT2D eigenvalue weighted by Crippen LogP contribution is -2.35. The average molecular weight is 311 g/mol. The molecule has 1 N–H and O–H groups in total. The highest BCUT2D eigenvalue weighted by Crippen LogP contribution is 2.26. The summed E-state index contributed by atoms with van der Waals surface area (Å²) in [4.78, 5) is 10.3. The lowest BCUT2D eigenvalue weighted by Gasteiger charge is -2.27. The van der Waals surface area contributed by atoms with Crippen molar-refractivity contribution in [1.82, 2.24) is 14.9 Å². The smallest absolute Gasteiger partial charge is 0.138 e. The van der Waals surface area contributed by atoms with Crippen LogP contribution in [0.2, 0.25) is 0 Å². The molecule has 0 atom stereocenters. The van der Waals surface area contributed by atoms with E-state index in [0.717, 1.165) is 54.3 Å². The van der Waals surface area contributed by atoms with E-state index < -0.39 is 0 Å². The van der Waals surface area contributed by atoms with Crippen LogP contribution in [0.4, 0.5) is 4.39 Å². The van der Waals surface area contributed by atoms with Crippen LogP contribution in [0.5, 0.6) is 0 Å². The number of fused-ring (bicyclic) bond motifs is 1. The summed E-state index contributed by atoms with van der Waals surface area (Å²) < 4.78 is 19.1. The molecule has 0 bridgehead atoms. The zero-order valence-corrected chi connectivity index (χ0v) is 12.8. The number of rotatable bonds is 3. The maximum absolute atomic E-state index is 13.7. The molecule has 1 aliphatic rings. The van der Waals surface area contributed by atoms with Crippen molar-refractivity contribution in [1.29, 1.82) is 0 Å². The molecule has 4 nitrogen and oxygen atoms in total. The van der Waals surface area contributed by atoms with Gasteiger partial charge in [-0.05, 0) is 35.9 Å². The first-order valence-electron chi connectivity index (χ1n) is 7.83. The summed E-state index contributed by atoms with van der Waals surface area (Å²) in [7, 11) is 0. The van der Waals surface area contributed by atoms with E-state index in [9.17, 15) is 4.39 Å². The standard InChI is InChI=1S/C18H18FN3O/c19-14-5-6-15(13(11-14)12-22-7-9-23-10-8-22)18-20-16-3-1-2-4-17(16)21-18/h1-6,11H,7-10,12H2,(H,20,21). The molecule has 1 aliphatic heterocycles. The van der Waals surface area contributed by atoms with E-state index >= 15 is 0 Å². The second kappa shape index (κ2) is 6.10. The number of para-hydroxylation sites is 2. The molecule has 23 heavy (non-hydrogen) atoms. The Labute approximate surface area is 133 Å². The third-order valence-corrected chi connectivity index (χ3v) is 4.21. The molecule has 1 fully saturated rings. The van der Waals surface area contributed by atoms with Gasteiger partial charge >= 0.3 is 0 Å². The predicted octanol–water partition coefficient (Wildman–Crippen LogP) is 3.20. The van der Waals surface area contributed by atoms with Gasteiger partial charge in [-0.1, -0.05) is 12.1 Å². The lowest BCUT2D eigenvalue weighted by atomic mass is 10.1. The highest BCUT2D eigenvalue weighted by Gasteiger charge is 2.16. The van der Waals surface area contributed by atoms with Gasteiger partial charge in [0.05, 0.1) is 24.2 Å². The second-order valence-electron chi connectivity index (χ2n) is 5.79. The number of nitrogens with one attached hydrogen (secondary N) is 1. The topological polar surface area (TPSA) is 41.2 Å². The molecule has 0 aliphatic carbocycles. The van der Waals surface area contributed by atoms with Crippen molar-refractivity contribution in [3.8, 4) is 11.4 Å². The molecule has 4 rings (SSSR count). The van der Waals surface area contributed by atoms with Gasteiger partial charge in [0.25, 0.3) is 0 Å². The van der Waals surface area contributed by atoms with Crippen LogP contribution in [0.25, 0.3) is 22.4 Å². The number of imidazole rings is 1. The third kappa shape index (κ3) is 2.98. The van der Waals surface area contributed by atoms with Crippen LogP contribution in [0, 0.1) is 5.82 Å². The van der Waals surface area contributed by atoms with E-state index in [-0.39, 0.29) is 5.82 Å². The van der Waals surface area contributed by atoms with E-state index in [4.69, 9.17) is 4.74 Å². The van der Waals surface area contributed by atoms with Gasteiger partial charge < -0.3 is 9.72 Å². The molecule has 3 aromatic rings. The fraction of sp³-hybridized carbons (Fsp3) is 0.278. The van der Waals surface area contributed by atoms with Crippen LogP contribution in [0.1, 0.15) is 5.56 Å². The minimum atomic E-state index is -0.215. The van der Waals surface area contributed by atoms with E-state index in [1.165, 1.54) is 6.07 Å². The van der Waals surface area contributed by atoms with Gasteiger partial charge in [0, 0.05) is 25.2 Å². The second-order valence-corrected chi connectivity index (χ2v) is 5.79. The first-order chi connectivity index (χ1) is 11.3. The number of hydrogen-bond donors (Lipinski definition) is 1. The average Bonchev–Trinajstić information content (AvgIpc) is 2.99. The van der Waals surface area contributed by atoms with Crippen LogP contribution >= 0.6 is 0 Å². The molecule has 1 aromatic heterocycles. The molecule has 2 heterocycles. The van der Waals surface area contributed by atoms with Crippen molar-refractivity contribution in [2.24, 2.45) is 0 Å². The van der Waals surface area contributed by atoms with Gasteiger partial charge in [0.1, 0.15) is 11.6 Å². The third-order valence-electron chi connectivity index (χ3n) is 4.21. The van der Waals surface area contributed by atoms with E-state index in [2.05, 4.69) is 14.9 Å². The van der Waals surface area contributed by atoms with Crippen LogP contribution < -0.4 is 0 Å². The molecule has 1 saturated heterocycles. The number of aromatic nitrogens is 2. The Morgan fingerprint density at radius 1 is 1.13 bits per heavy atom. The van der Waals surface area contributed by atoms with Crippen molar-refractivity contribution >= 4 is 11.0 Å². The molecular weight excluding hydrogens is 293 g/mol. The molecule has 0 amide bonds. The van der Waals surface area contributed by atoms with E-state index in [1.54, 1.807) is 6.07 Å². The highest BCUT2D eigenvalue weighted by atomic mass is 19.1. The number of nitrogens with zero attached hydrogens (tertiary/aromatic N) is 2. The Kier molecular flexibility index (Phi) is 3.81. The molecular formula is C18H18FN3O. The number of H-pyrrole nitrogens is 1. The zero-order valence-electron chi connectivity index (χ0n) is 12.8. The number of benzene rings is 2. The number of halogens is 1. The predicted molar refractivity (Wildman–Crippen MR) is 87.6 cm³/mol. The summed E-state index contributed by atoms with van der Waals surface area (Å²) in [5.74, 6) is 0.572. The first kappa shape index (κ1) is 14.4. The van der Waals surface area contributed by atoms with E-state index in [0.29, 0.717) is 6.54 Å². The lowest BCUT2D eigenvalue weighted by molar-refractivity contribution is 0.0342. The molecule has 0 saturated carbocycles. The minimum Gasteiger partial charge on any atom is -0.379 e. The number of hydrogen-bond acceptors (Lipinski definition) is 3. The molecule has 2 aromatic carbocycles. The minimum absolute atomic E-state index is 0.215. The Balaban J connectivity index is 1.72. The van der Waals surface area contributed by atoms with Gasteiger partial charge in [0.15, 0.2) is 0 Å². The maximum Gasteiger partial charge on any atom is 0.138 e. The molecule has 0 spiro atoms. The molecule has 0 unspecified atom stereocenters. The fourth-order valence-corrected chi connectivity index (χ4v) is 3.00. The zero-order chi connectivity index (χ0) is 15.6. The molecule has 118 valence electrons. The monoisotopic (exact) mass is 311 g/mol. The summed E-state index contributed by atoms with van der Waals surface area (Å²) in [6.45, 7) is 3.91. The normalized spacial score (nSPS) is 16.0. The maximum atomic E-state index is 13.7. The van der Waals surface area contributed by atoms with Gasteiger partial charge in [-0.25, -0.2) is 9.37 Å². The van der Waals surface area contributed by atoms with Crippen molar-refractivity contribution in [3.63, 3.8) is 0 Å². The van der Waals surface area contributed by atoms with Gasteiger partial charge in [0.2, 0.25) is 0 Å². The van der Waals surface area contributed by atoms with Crippen molar-refractivity contribution in [3.05, 3.63) is 53.8 Å². The van der Waals surface area contributed by atoms with Crippen LogP contribution in [-0.4, -0.2) is 41.2 Å². The highest BCUT2D eigenvalue weighted by molar-refractivity contribution is 5.79. The summed E-state index contributed by atoms with van der Waals surface area (Å²) >= 11 is 0. The van der Waals surface area contributed by atoms with Gasteiger partial charge in [-0.3, -0.25) is 4.90 Å². The number of ether oxygens (including phenoxy) is 1. The summed E-state index contributed by atoms with van der Waals surface area (Å²) in [5, 5.41) is 0. The summed E-state index contributed by atoms with van der Waals surface area (Å²) in [6.07, 6.45) is 0. The number of aromatic amines is 1. The molecule has 5 heteroatoms. The Bertz CT molecular complexity index is 791. The Hall–Kier alpha value is -2.24. The van der Waals surface area contributed by atoms with Crippen molar-refractivity contribution in [2.75, 3.05) is 26.3 Å². The summed E-state index contributed by atoms with van der Waals surface area (Å²) in [6, 6.07) is 12.8. The fourth-order valence-electron chi connectivity index (χ4n) is 3.00.